The van der Waals surface area contributed by atoms with Gasteiger partial charge in [-0.15, -0.1) is 0 Å². The van der Waals surface area contributed by atoms with E-state index in [1.165, 1.54) is 0 Å². The number of hydrogen-bond donors (Lipinski definition) is 1. The first kappa shape index (κ1) is 12.5. The second kappa shape index (κ2) is 4.54. The van der Waals surface area contributed by atoms with Gasteiger partial charge in [-0.1, -0.05) is 17.7 Å². The lowest BCUT2D eigenvalue weighted by atomic mass is 9.94. The van der Waals surface area contributed by atoms with Crippen molar-refractivity contribution in [3.8, 4) is 6.07 Å². The second-order valence-corrected chi connectivity index (χ2v) is 4.59. The fourth-order valence-corrected chi connectivity index (χ4v) is 1.23. The Morgan fingerprint density at radius 3 is 2.69 bits per heavy atom. The first-order valence-electron chi connectivity index (χ1n) is 4.85. The maximum Gasteiger partial charge on any atom is 0.244 e. The van der Waals surface area contributed by atoms with E-state index in [4.69, 9.17) is 16.9 Å². The zero-order chi connectivity index (χ0) is 12.3. The molecule has 0 aliphatic rings. The summed E-state index contributed by atoms with van der Waals surface area (Å²) in [5, 5.41) is 12.1. The number of nitriles is 1. The predicted octanol–water partition coefficient (Wildman–Crippen LogP) is 3.14. The zero-order valence-electron chi connectivity index (χ0n) is 9.47. The molecule has 0 heterocycles. The molecule has 4 heteroatoms. The van der Waals surface area contributed by atoms with E-state index in [2.05, 4.69) is 5.32 Å². The molecule has 0 saturated heterocycles. The highest BCUT2D eigenvalue weighted by Gasteiger charge is 2.27. The van der Waals surface area contributed by atoms with Crippen molar-refractivity contribution >= 4 is 23.2 Å². The largest absolute Gasteiger partial charge is 0.324 e. The normalized spacial score (nSPS) is 10.7. The minimum atomic E-state index is -1.05. The molecule has 1 rings (SSSR count). The van der Waals surface area contributed by atoms with Gasteiger partial charge in [0.15, 0.2) is 0 Å². The number of aryl methyl sites for hydroxylation is 1. The minimum Gasteiger partial charge on any atom is -0.324 e. The van der Waals surface area contributed by atoms with Gasteiger partial charge < -0.3 is 5.32 Å². The molecule has 0 atom stereocenters. The fourth-order valence-electron chi connectivity index (χ4n) is 1.06. The van der Waals surface area contributed by atoms with Crippen molar-refractivity contribution in [3.05, 3.63) is 28.8 Å². The van der Waals surface area contributed by atoms with Crippen molar-refractivity contribution in [1.29, 1.82) is 5.26 Å². The maximum atomic E-state index is 11.8. The van der Waals surface area contributed by atoms with E-state index in [1.54, 1.807) is 26.0 Å². The molecule has 0 spiro atoms. The van der Waals surface area contributed by atoms with Gasteiger partial charge in [-0.2, -0.15) is 5.26 Å². The van der Waals surface area contributed by atoms with Crippen molar-refractivity contribution in [2.75, 3.05) is 5.32 Å². The quantitative estimate of drug-likeness (QED) is 0.858. The van der Waals surface area contributed by atoms with E-state index >= 15 is 0 Å². The number of nitrogens with zero attached hydrogens (tertiary/aromatic N) is 1. The Morgan fingerprint density at radius 2 is 2.12 bits per heavy atom. The van der Waals surface area contributed by atoms with Gasteiger partial charge in [0.05, 0.1) is 6.07 Å². The van der Waals surface area contributed by atoms with Gasteiger partial charge in [0, 0.05) is 10.7 Å². The van der Waals surface area contributed by atoms with Crippen LogP contribution in [0.3, 0.4) is 0 Å². The number of benzene rings is 1. The average molecular weight is 237 g/mol. The topological polar surface area (TPSA) is 52.9 Å². The van der Waals surface area contributed by atoms with Crippen molar-refractivity contribution in [1.82, 2.24) is 0 Å². The highest BCUT2D eigenvalue weighted by molar-refractivity contribution is 6.31. The molecule has 3 nitrogen and oxygen atoms in total. The molecule has 0 aromatic heterocycles. The highest BCUT2D eigenvalue weighted by Crippen LogP contribution is 2.23. The maximum absolute atomic E-state index is 11.8. The molecule has 0 aliphatic carbocycles. The first-order chi connectivity index (χ1) is 7.36. The summed E-state index contributed by atoms with van der Waals surface area (Å²) >= 11 is 5.83. The van der Waals surface area contributed by atoms with E-state index in [0.717, 1.165) is 5.56 Å². The Bertz CT molecular complexity index is 461. The Labute approximate surface area is 100 Å². The van der Waals surface area contributed by atoms with Crippen LogP contribution in [0.4, 0.5) is 5.69 Å². The summed E-state index contributed by atoms with van der Waals surface area (Å²) in [6, 6.07) is 7.19. The van der Waals surface area contributed by atoms with Crippen LogP contribution in [0.2, 0.25) is 5.02 Å². The molecular weight excluding hydrogens is 224 g/mol. The number of rotatable bonds is 2. The summed E-state index contributed by atoms with van der Waals surface area (Å²) < 4.78 is 0. The van der Waals surface area contributed by atoms with Gasteiger partial charge in [-0.05, 0) is 38.5 Å². The number of anilines is 1. The van der Waals surface area contributed by atoms with Crippen LogP contribution in [0, 0.1) is 23.7 Å². The highest BCUT2D eigenvalue weighted by atomic mass is 35.5. The Balaban J connectivity index is 2.94. The number of carbonyl (C=O) groups is 1. The molecule has 0 saturated carbocycles. The third kappa shape index (κ3) is 2.74. The van der Waals surface area contributed by atoms with Crippen LogP contribution in [0.1, 0.15) is 19.4 Å². The third-order valence-electron chi connectivity index (χ3n) is 2.29. The van der Waals surface area contributed by atoms with E-state index in [9.17, 15) is 4.79 Å². The van der Waals surface area contributed by atoms with Crippen LogP contribution in [-0.4, -0.2) is 5.91 Å². The minimum absolute atomic E-state index is 0.333. The lowest BCUT2D eigenvalue weighted by Crippen LogP contribution is -2.29. The Hall–Kier alpha value is -1.53. The molecule has 0 fully saturated rings. The lowest BCUT2D eigenvalue weighted by molar-refractivity contribution is -0.121. The Morgan fingerprint density at radius 1 is 1.50 bits per heavy atom. The van der Waals surface area contributed by atoms with Gasteiger partial charge in [0.25, 0.3) is 0 Å². The number of hydrogen-bond acceptors (Lipinski definition) is 2. The third-order valence-corrected chi connectivity index (χ3v) is 2.53. The molecule has 0 bridgehead atoms. The molecule has 16 heavy (non-hydrogen) atoms. The van der Waals surface area contributed by atoms with Crippen molar-refractivity contribution in [3.63, 3.8) is 0 Å². The molecule has 1 amide bonds. The monoisotopic (exact) mass is 236 g/mol. The molecular formula is C12H13ClN2O. The second-order valence-electron chi connectivity index (χ2n) is 4.15. The summed E-state index contributed by atoms with van der Waals surface area (Å²) in [4.78, 5) is 11.8. The van der Waals surface area contributed by atoms with E-state index in [1.807, 2.05) is 19.1 Å². The molecule has 84 valence electrons. The molecule has 0 radical (unpaired) electrons. The van der Waals surface area contributed by atoms with Crippen LogP contribution >= 0.6 is 11.6 Å². The van der Waals surface area contributed by atoms with Crippen LogP contribution in [0.15, 0.2) is 18.2 Å². The van der Waals surface area contributed by atoms with Crippen molar-refractivity contribution in [2.45, 2.75) is 20.8 Å². The number of nitrogens with one attached hydrogen (secondary N) is 1. The van der Waals surface area contributed by atoms with E-state index in [-0.39, 0.29) is 5.91 Å². The van der Waals surface area contributed by atoms with Crippen molar-refractivity contribution in [2.24, 2.45) is 5.41 Å². The van der Waals surface area contributed by atoms with E-state index < -0.39 is 5.41 Å². The molecule has 0 aliphatic heterocycles. The summed E-state index contributed by atoms with van der Waals surface area (Å²) in [5.41, 5.74) is 0.502. The summed E-state index contributed by atoms with van der Waals surface area (Å²) in [5.74, 6) is -0.333. The number of halogens is 1. The van der Waals surface area contributed by atoms with Gasteiger partial charge >= 0.3 is 0 Å². The molecule has 1 aromatic carbocycles. The molecule has 1 N–H and O–H groups in total. The number of amides is 1. The first-order valence-corrected chi connectivity index (χ1v) is 5.23. The Kier molecular flexibility index (Phi) is 3.56. The predicted molar refractivity (Wildman–Crippen MR) is 64.2 cm³/mol. The van der Waals surface area contributed by atoms with Gasteiger partial charge in [-0.3, -0.25) is 4.79 Å². The average Bonchev–Trinajstić information content (AvgIpc) is 2.23. The van der Waals surface area contributed by atoms with Crippen LogP contribution in [-0.2, 0) is 4.79 Å². The van der Waals surface area contributed by atoms with E-state index in [0.29, 0.717) is 10.7 Å². The summed E-state index contributed by atoms with van der Waals surface area (Å²) in [6.07, 6.45) is 0. The summed E-state index contributed by atoms with van der Waals surface area (Å²) in [7, 11) is 0. The van der Waals surface area contributed by atoms with Crippen LogP contribution in [0.5, 0.6) is 0 Å². The van der Waals surface area contributed by atoms with Crippen molar-refractivity contribution < 1.29 is 4.79 Å². The number of carbonyl (C=O) groups excluding carboxylic acids is 1. The lowest BCUT2D eigenvalue weighted by Gasteiger charge is -2.16. The molecule has 0 unspecified atom stereocenters. The van der Waals surface area contributed by atoms with Crippen LogP contribution < -0.4 is 5.32 Å². The van der Waals surface area contributed by atoms with Crippen LogP contribution in [0.25, 0.3) is 0 Å². The smallest absolute Gasteiger partial charge is 0.244 e. The fraction of sp³-hybridized carbons (Fsp3) is 0.333. The van der Waals surface area contributed by atoms with Gasteiger partial charge in [0.2, 0.25) is 5.91 Å². The summed E-state index contributed by atoms with van der Waals surface area (Å²) in [6.45, 7) is 5.01. The van der Waals surface area contributed by atoms with Gasteiger partial charge in [0.1, 0.15) is 5.41 Å². The SMILES string of the molecule is Cc1ccc(Cl)cc1NC(=O)C(C)(C)C#N. The zero-order valence-corrected chi connectivity index (χ0v) is 10.2. The standard InChI is InChI=1S/C12H13ClN2O/c1-8-4-5-9(13)6-10(8)15-11(16)12(2,3)7-14/h4-6H,1-3H3,(H,15,16). The molecule has 1 aromatic rings. The van der Waals surface area contributed by atoms with Gasteiger partial charge in [-0.25, -0.2) is 0 Å².